The summed E-state index contributed by atoms with van der Waals surface area (Å²) in [5.74, 6) is -0.844. The number of aromatic carboxylic acids is 1. The Morgan fingerprint density at radius 2 is 1.96 bits per heavy atom. The minimum absolute atomic E-state index is 0.0118. The van der Waals surface area contributed by atoms with E-state index in [9.17, 15) is 19.8 Å². The van der Waals surface area contributed by atoms with Crippen molar-refractivity contribution in [1.82, 2.24) is 4.90 Å². The summed E-state index contributed by atoms with van der Waals surface area (Å²) >= 11 is 0. The zero-order chi connectivity index (χ0) is 19.8. The van der Waals surface area contributed by atoms with Crippen molar-refractivity contribution in [3.05, 3.63) is 47.5 Å². The molecule has 0 spiro atoms. The monoisotopic (exact) mass is 375 g/mol. The predicted octanol–water partition coefficient (Wildman–Crippen LogP) is 2.39. The fourth-order valence-corrected chi connectivity index (χ4v) is 3.29. The van der Waals surface area contributed by atoms with Crippen molar-refractivity contribution < 1.29 is 24.9 Å². The number of nitrogens with zero attached hydrogens (tertiary/aromatic N) is 1. The Morgan fingerprint density at radius 3 is 2.59 bits per heavy atom. The van der Waals surface area contributed by atoms with E-state index in [0.29, 0.717) is 32.2 Å². The number of likely N-dealkylation sites (tertiary alicyclic amines) is 1. The Bertz CT molecular complexity index is 653. The summed E-state index contributed by atoms with van der Waals surface area (Å²) in [6.45, 7) is 2.30. The van der Waals surface area contributed by atoms with Gasteiger partial charge in [0.15, 0.2) is 0 Å². The molecule has 1 amide bonds. The minimum atomic E-state index is -0.950. The summed E-state index contributed by atoms with van der Waals surface area (Å²) in [4.78, 5) is 24.9. The number of hydrogen-bond acceptors (Lipinski definition) is 4. The molecule has 27 heavy (non-hydrogen) atoms. The molecular formula is C21H29NO5. The highest BCUT2D eigenvalue weighted by Crippen LogP contribution is 2.21. The van der Waals surface area contributed by atoms with E-state index < -0.39 is 12.1 Å². The van der Waals surface area contributed by atoms with E-state index in [1.54, 1.807) is 37.3 Å². The van der Waals surface area contributed by atoms with Crippen molar-refractivity contribution in [3.8, 4) is 0 Å². The first kappa shape index (κ1) is 21.1. The molecule has 3 N–H and O–H groups in total. The Morgan fingerprint density at radius 1 is 1.26 bits per heavy atom. The van der Waals surface area contributed by atoms with E-state index in [1.807, 2.05) is 11.0 Å². The third kappa shape index (κ3) is 6.81. The van der Waals surface area contributed by atoms with E-state index in [1.165, 1.54) is 0 Å². The molecule has 6 nitrogen and oxygen atoms in total. The second-order valence-corrected chi connectivity index (χ2v) is 7.18. The Labute approximate surface area is 160 Å². The van der Waals surface area contributed by atoms with Crippen LogP contribution in [0.1, 0.15) is 54.9 Å². The van der Waals surface area contributed by atoms with E-state index >= 15 is 0 Å². The van der Waals surface area contributed by atoms with Crippen LogP contribution in [0.2, 0.25) is 0 Å². The van der Waals surface area contributed by atoms with Crippen molar-refractivity contribution in [1.29, 1.82) is 0 Å². The SMILES string of the molecule is C[C@@H](O)CCC[C@@H](O)C=C[C@H]1CCC(=O)N1CCc1ccc(C(=O)O)cc1. The molecule has 0 aliphatic carbocycles. The highest BCUT2D eigenvalue weighted by atomic mass is 16.4. The molecule has 1 aliphatic rings. The highest BCUT2D eigenvalue weighted by Gasteiger charge is 2.28. The first-order chi connectivity index (χ1) is 12.9. The Kier molecular flexibility index (Phi) is 8.00. The highest BCUT2D eigenvalue weighted by molar-refractivity contribution is 5.87. The van der Waals surface area contributed by atoms with Gasteiger partial charge in [-0.3, -0.25) is 4.79 Å². The molecular weight excluding hydrogens is 346 g/mol. The van der Waals surface area contributed by atoms with Crippen LogP contribution < -0.4 is 0 Å². The van der Waals surface area contributed by atoms with Gasteiger partial charge in [0.05, 0.1) is 23.8 Å². The van der Waals surface area contributed by atoms with Crippen LogP contribution in [0.25, 0.3) is 0 Å². The van der Waals surface area contributed by atoms with Gasteiger partial charge in [-0.25, -0.2) is 4.79 Å². The summed E-state index contributed by atoms with van der Waals surface area (Å²) in [5, 5.41) is 28.2. The number of carbonyl (C=O) groups excluding carboxylic acids is 1. The largest absolute Gasteiger partial charge is 0.478 e. The maximum absolute atomic E-state index is 12.2. The van der Waals surface area contributed by atoms with Gasteiger partial charge in [0.1, 0.15) is 0 Å². The van der Waals surface area contributed by atoms with Gasteiger partial charge in [-0.05, 0) is 56.7 Å². The van der Waals surface area contributed by atoms with Crippen LogP contribution in [0.5, 0.6) is 0 Å². The maximum Gasteiger partial charge on any atom is 0.335 e. The number of carbonyl (C=O) groups is 2. The van der Waals surface area contributed by atoms with Crippen LogP contribution >= 0.6 is 0 Å². The summed E-state index contributed by atoms with van der Waals surface area (Å²) in [7, 11) is 0. The molecule has 0 bridgehead atoms. The summed E-state index contributed by atoms with van der Waals surface area (Å²) in [6, 6.07) is 6.69. The molecule has 0 saturated carbocycles. The van der Waals surface area contributed by atoms with Gasteiger partial charge >= 0.3 is 5.97 Å². The zero-order valence-electron chi connectivity index (χ0n) is 15.8. The molecule has 3 atom stereocenters. The zero-order valence-corrected chi connectivity index (χ0v) is 15.8. The molecule has 148 valence electrons. The Balaban J connectivity index is 1.86. The molecule has 2 rings (SSSR count). The van der Waals surface area contributed by atoms with Gasteiger partial charge in [0.25, 0.3) is 0 Å². The lowest BCUT2D eigenvalue weighted by molar-refractivity contribution is -0.128. The second-order valence-electron chi connectivity index (χ2n) is 7.18. The van der Waals surface area contributed by atoms with Gasteiger partial charge in [0.2, 0.25) is 5.91 Å². The number of amides is 1. The van der Waals surface area contributed by atoms with E-state index in [2.05, 4.69) is 0 Å². The van der Waals surface area contributed by atoms with Crippen molar-refractivity contribution in [3.63, 3.8) is 0 Å². The van der Waals surface area contributed by atoms with Crippen LogP contribution in [0.4, 0.5) is 0 Å². The number of carboxylic acids is 1. The van der Waals surface area contributed by atoms with Gasteiger partial charge in [0, 0.05) is 13.0 Å². The van der Waals surface area contributed by atoms with Crippen molar-refractivity contribution in [2.45, 2.75) is 63.7 Å². The quantitative estimate of drug-likeness (QED) is 0.546. The second kappa shape index (κ2) is 10.2. The number of rotatable bonds is 10. The van der Waals surface area contributed by atoms with Crippen LogP contribution in [0.15, 0.2) is 36.4 Å². The molecule has 0 aromatic heterocycles. The lowest BCUT2D eigenvalue weighted by atomic mass is 10.1. The topological polar surface area (TPSA) is 98.1 Å². The molecule has 6 heteroatoms. The molecule has 1 fully saturated rings. The van der Waals surface area contributed by atoms with Crippen molar-refractivity contribution >= 4 is 11.9 Å². The molecule has 0 unspecified atom stereocenters. The van der Waals surface area contributed by atoms with Gasteiger partial charge < -0.3 is 20.2 Å². The van der Waals surface area contributed by atoms with E-state index in [-0.39, 0.29) is 23.6 Å². The third-order valence-corrected chi connectivity index (χ3v) is 4.89. The van der Waals surface area contributed by atoms with Crippen LogP contribution in [0, 0.1) is 0 Å². The fraction of sp³-hybridized carbons (Fsp3) is 0.524. The van der Waals surface area contributed by atoms with E-state index in [4.69, 9.17) is 5.11 Å². The maximum atomic E-state index is 12.2. The van der Waals surface area contributed by atoms with Crippen molar-refractivity contribution in [2.24, 2.45) is 0 Å². The van der Waals surface area contributed by atoms with Gasteiger partial charge in [-0.2, -0.15) is 0 Å². The average molecular weight is 375 g/mol. The third-order valence-electron chi connectivity index (χ3n) is 4.89. The van der Waals surface area contributed by atoms with Gasteiger partial charge in [-0.1, -0.05) is 24.3 Å². The number of aliphatic hydroxyl groups excluding tert-OH is 2. The standard InChI is InChI=1S/C21H29NO5/c1-15(23)3-2-4-19(24)11-9-18-10-12-20(25)22(18)14-13-16-5-7-17(8-6-16)21(26)27/h5-9,11,15,18-19,23-24H,2-4,10,12-14H2,1H3,(H,26,27)/t15-,18+,19-/m1/s1. The Hall–Kier alpha value is -2.18. The molecule has 1 heterocycles. The summed E-state index contributed by atoms with van der Waals surface area (Å²) < 4.78 is 0. The molecule has 1 aromatic carbocycles. The predicted molar refractivity (Wildman–Crippen MR) is 103 cm³/mol. The van der Waals surface area contributed by atoms with Crippen LogP contribution in [0.3, 0.4) is 0 Å². The first-order valence-electron chi connectivity index (χ1n) is 9.53. The van der Waals surface area contributed by atoms with Crippen molar-refractivity contribution in [2.75, 3.05) is 6.54 Å². The molecule has 1 saturated heterocycles. The lowest BCUT2D eigenvalue weighted by Gasteiger charge is -2.23. The lowest BCUT2D eigenvalue weighted by Crippen LogP contribution is -2.33. The number of hydrogen-bond donors (Lipinski definition) is 3. The van der Waals surface area contributed by atoms with E-state index in [0.717, 1.165) is 18.4 Å². The summed E-state index contributed by atoms with van der Waals surface area (Å²) in [5.41, 5.74) is 1.24. The smallest absolute Gasteiger partial charge is 0.335 e. The number of benzene rings is 1. The summed E-state index contributed by atoms with van der Waals surface area (Å²) in [6.07, 6.45) is 6.66. The number of carboxylic acid groups (broad SMARTS) is 1. The van der Waals surface area contributed by atoms with Crippen LogP contribution in [-0.2, 0) is 11.2 Å². The fourth-order valence-electron chi connectivity index (χ4n) is 3.29. The normalized spacial score (nSPS) is 19.6. The van der Waals surface area contributed by atoms with Gasteiger partial charge in [-0.15, -0.1) is 0 Å². The molecule has 0 radical (unpaired) electrons. The number of aliphatic hydroxyl groups is 2. The minimum Gasteiger partial charge on any atom is -0.478 e. The molecule has 1 aromatic rings. The molecule has 1 aliphatic heterocycles. The van der Waals surface area contributed by atoms with Crippen LogP contribution in [-0.4, -0.2) is 56.9 Å². The average Bonchev–Trinajstić information content (AvgIpc) is 2.98. The first-order valence-corrected chi connectivity index (χ1v) is 9.53.